The SMILES string of the molecule is COC(=O)c1cccc(OCCl)c1. The van der Waals surface area contributed by atoms with E-state index < -0.39 is 0 Å². The van der Waals surface area contributed by atoms with Crippen molar-refractivity contribution in [1.29, 1.82) is 0 Å². The van der Waals surface area contributed by atoms with Gasteiger partial charge < -0.3 is 9.47 Å². The number of hydrogen-bond donors (Lipinski definition) is 0. The number of hydrogen-bond acceptors (Lipinski definition) is 3. The first-order chi connectivity index (χ1) is 6.27. The molecule has 70 valence electrons. The van der Waals surface area contributed by atoms with Crippen molar-refractivity contribution in [3.63, 3.8) is 0 Å². The lowest BCUT2D eigenvalue weighted by atomic mass is 10.2. The molecule has 0 fully saturated rings. The number of methoxy groups -OCH3 is 1. The van der Waals surface area contributed by atoms with Gasteiger partial charge in [0, 0.05) is 0 Å². The minimum absolute atomic E-state index is 0.0601. The van der Waals surface area contributed by atoms with Crippen LogP contribution < -0.4 is 4.74 Å². The normalized spacial score (nSPS) is 9.38. The molecule has 13 heavy (non-hydrogen) atoms. The highest BCUT2D eigenvalue weighted by Crippen LogP contribution is 2.14. The molecule has 0 aliphatic rings. The lowest BCUT2D eigenvalue weighted by Gasteiger charge is -2.03. The van der Waals surface area contributed by atoms with E-state index in [0.717, 1.165) is 0 Å². The van der Waals surface area contributed by atoms with Gasteiger partial charge in [-0.1, -0.05) is 17.7 Å². The summed E-state index contributed by atoms with van der Waals surface area (Å²) in [5, 5.41) is 0. The quantitative estimate of drug-likeness (QED) is 0.554. The predicted molar refractivity (Wildman–Crippen MR) is 49.1 cm³/mol. The molecular weight excluding hydrogens is 192 g/mol. The lowest BCUT2D eigenvalue weighted by molar-refractivity contribution is 0.0600. The average Bonchev–Trinajstić information content (AvgIpc) is 2.18. The van der Waals surface area contributed by atoms with E-state index in [-0.39, 0.29) is 12.0 Å². The van der Waals surface area contributed by atoms with Gasteiger partial charge in [-0.25, -0.2) is 4.79 Å². The van der Waals surface area contributed by atoms with E-state index in [2.05, 4.69) is 4.74 Å². The summed E-state index contributed by atoms with van der Waals surface area (Å²) in [5.74, 6) is 0.165. The van der Waals surface area contributed by atoms with Crippen LogP contribution in [0.25, 0.3) is 0 Å². The highest BCUT2D eigenvalue weighted by Gasteiger charge is 2.05. The number of alkyl halides is 1. The van der Waals surface area contributed by atoms with E-state index in [1.165, 1.54) is 7.11 Å². The summed E-state index contributed by atoms with van der Waals surface area (Å²) in [6, 6.07) is 6.70. The number of carbonyl (C=O) groups is 1. The molecule has 0 aliphatic heterocycles. The largest absolute Gasteiger partial charge is 0.478 e. The Kier molecular flexibility index (Phi) is 3.58. The Balaban J connectivity index is 2.85. The number of halogens is 1. The maximum absolute atomic E-state index is 11.1. The summed E-state index contributed by atoms with van der Waals surface area (Å²) in [6.45, 7) is 0. The van der Waals surface area contributed by atoms with Crippen molar-refractivity contribution in [3.8, 4) is 5.75 Å². The summed E-state index contributed by atoms with van der Waals surface area (Å²) in [5.41, 5.74) is 0.449. The molecule has 0 saturated heterocycles. The van der Waals surface area contributed by atoms with Crippen LogP contribution in [-0.2, 0) is 4.74 Å². The molecular formula is C9H9ClO3. The summed E-state index contributed by atoms with van der Waals surface area (Å²) in [4.78, 5) is 11.1. The summed E-state index contributed by atoms with van der Waals surface area (Å²) in [6.07, 6.45) is 0. The molecule has 0 heterocycles. The van der Waals surface area contributed by atoms with E-state index >= 15 is 0 Å². The minimum atomic E-state index is -0.389. The average molecular weight is 201 g/mol. The first-order valence-electron chi connectivity index (χ1n) is 3.65. The molecule has 0 N–H and O–H groups in total. The maximum atomic E-state index is 11.1. The van der Waals surface area contributed by atoms with Crippen LogP contribution in [0.2, 0.25) is 0 Å². The van der Waals surface area contributed by atoms with Gasteiger partial charge in [0.15, 0.2) is 6.07 Å². The smallest absolute Gasteiger partial charge is 0.337 e. The third-order valence-corrected chi connectivity index (χ3v) is 1.59. The Morgan fingerprint density at radius 3 is 2.92 bits per heavy atom. The van der Waals surface area contributed by atoms with E-state index in [4.69, 9.17) is 16.3 Å². The Hall–Kier alpha value is -1.22. The van der Waals surface area contributed by atoms with Crippen molar-refractivity contribution in [2.24, 2.45) is 0 Å². The van der Waals surface area contributed by atoms with Gasteiger partial charge in [0.25, 0.3) is 0 Å². The fourth-order valence-corrected chi connectivity index (χ4v) is 1.02. The first kappa shape index (κ1) is 9.86. The molecule has 0 amide bonds. The van der Waals surface area contributed by atoms with Crippen LogP contribution in [0.5, 0.6) is 5.75 Å². The highest BCUT2D eigenvalue weighted by molar-refractivity contribution is 6.17. The van der Waals surface area contributed by atoms with Crippen molar-refractivity contribution >= 4 is 17.6 Å². The molecule has 1 aromatic carbocycles. The van der Waals surface area contributed by atoms with E-state index in [1.807, 2.05) is 0 Å². The number of carbonyl (C=O) groups excluding carboxylic acids is 1. The van der Waals surface area contributed by atoms with Crippen LogP contribution in [0, 0.1) is 0 Å². The van der Waals surface area contributed by atoms with Crippen molar-refractivity contribution < 1.29 is 14.3 Å². The van der Waals surface area contributed by atoms with Crippen LogP contribution >= 0.6 is 11.6 Å². The van der Waals surface area contributed by atoms with Gasteiger partial charge in [0.1, 0.15) is 5.75 Å². The monoisotopic (exact) mass is 200 g/mol. The van der Waals surface area contributed by atoms with E-state index in [9.17, 15) is 4.79 Å². The standard InChI is InChI=1S/C9H9ClO3/c1-12-9(11)7-3-2-4-8(5-7)13-6-10/h2-5H,6H2,1H3. The molecule has 0 spiro atoms. The van der Waals surface area contributed by atoms with Crippen LogP contribution in [0.3, 0.4) is 0 Å². The van der Waals surface area contributed by atoms with Crippen molar-refractivity contribution in [3.05, 3.63) is 29.8 Å². The summed E-state index contributed by atoms with van der Waals surface area (Å²) >= 11 is 5.36. The van der Waals surface area contributed by atoms with Crippen LogP contribution in [-0.4, -0.2) is 19.1 Å². The Bertz CT molecular complexity index is 299. The van der Waals surface area contributed by atoms with Gasteiger partial charge in [-0.3, -0.25) is 0 Å². The molecule has 3 nitrogen and oxygen atoms in total. The predicted octanol–water partition coefficient (Wildman–Crippen LogP) is 2.05. The topological polar surface area (TPSA) is 35.5 Å². The van der Waals surface area contributed by atoms with Gasteiger partial charge in [0.05, 0.1) is 12.7 Å². The van der Waals surface area contributed by atoms with Crippen molar-refractivity contribution in [2.45, 2.75) is 0 Å². The number of ether oxygens (including phenoxy) is 2. The molecule has 1 aromatic rings. The van der Waals surface area contributed by atoms with Gasteiger partial charge >= 0.3 is 5.97 Å². The molecule has 0 unspecified atom stereocenters. The second-order valence-corrected chi connectivity index (χ2v) is 2.49. The molecule has 0 aromatic heterocycles. The second kappa shape index (κ2) is 4.72. The Labute approximate surface area is 81.2 Å². The van der Waals surface area contributed by atoms with Gasteiger partial charge in [0.2, 0.25) is 0 Å². The lowest BCUT2D eigenvalue weighted by Crippen LogP contribution is -2.01. The number of esters is 1. The molecule has 0 radical (unpaired) electrons. The van der Waals surface area contributed by atoms with Gasteiger partial charge in [-0.2, -0.15) is 0 Å². The highest BCUT2D eigenvalue weighted by atomic mass is 35.5. The van der Waals surface area contributed by atoms with Crippen LogP contribution in [0.1, 0.15) is 10.4 Å². The maximum Gasteiger partial charge on any atom is 0.337 e. The first-order valence-corrected chi connectivity index (χ1v) is 4.18. The Morgan fingerprint density at radius 2 is 2.31 bits per heavy atom. The third kappa shape index (κ3) is 2.63. The fraction of sp³-hybridized carbons (Fsp3) is 0.222. The van der Waals surface area contributed by atoms with Crippen LogP contribution in [0.15, 0.2) is 24.3 Å². The van der Waals surface area contributed by atoms with E-state index in [1.54, 1.807) is 24.3 Å². The molecule has 0 bridgehead atoms. The molecule has 0 saturated carbocycles. The number of rotatable bonds is 3. The van der Waals surface area contributed by atoms with Crippen molar-refractivity contribution in [2.75, 3.05) is 13.2 Å². The number of benzene rings is 1. The summed E-state index contributed by atoms with van der Waals surface area (Å²) < 4.78 is 9.54. The zero-order valence-corrected chi connectivity index (χ0v) is 7.88. The Morgan fingerprint density at radius 1 is 1.54 bits per heavy atom. The van der Waals surface area contributed by atoms with Gasteiger partial charge in [-0.15, -0.1) is 0 Å². The second-order valence-electron chi connectivity index (χ2n) is 2.27. The molecule has 0 atom stereocenters. The zero-order chi connectivity index (χ0) is 9.68. The van der Waals surface area contributed by atoms with Crippen LogP contribution in [0.4, 0.5) is 0 Å². The molecule has 4 heteroatoms. The molecule has 0 aliphatic carbocycles. The summed E-state index contributed by atoms with van der Waals surface area (Å²) in [7, 11) is 1.33. The minimum Gasteiger partial charge on any atom is -0.478 e. The van der Waals surface area contributed by atoms with E-state index in [0.29, 0.717) is 11.3 Å². The van der Waals surface area contributed by atoms with Gasteiger partial charge in [-0.05, 0) is 18.2 Å². The third-order valence-electron chi connectivity index (χ3n) is 1.48. The zero-order valence-electron chi connectivity index (χ0n) is 7.12. The van der Waals surface area contributed by atoms with Crippen molar-refractivity contribution in [1.82, 2.24) is 0 Å². The molecule has 1 rings (SSSR count). The fourth-order valence-electron chi connectivity index (χ4n) is 0.894.